The number of morpholine rings is 1. The number of ether oxygens (including phenoxy) is 2. The Morgan fingerprint density at radius 2 is 2.00 bits per heavy atom. The van der Waals surface area contributed by atoms with Crippen LogP contribution in [0, 0.1) is 0 Å². The lowest BCUT2D eigenvalue weighted by Gasteiger charge is -2.32. The Morgan fingerprint density at radius 1 is 1.15 bits per heavy atom. The number of aryl methyl sites for hydroxylation is 1. The van der Waals surface area contributed by atoms with Crippen LogP contribution in [0.5, 0.6) is 5.75 Å². The van der Waals surface area contributed by atoms with E-state index in [9.17, 15) is 0 Å². The summed E-state index contributed by atoms with van der Waals surface area (Å²) in [5.74, 6) is 1.80. The van der Waals surface area contributed by atoms with Crippen LogP contribution in [0.3, 0.4) is 0 Å². The van der Waals surface area contributed by atoms with Crippen molar-refractivity contribution in [1.29, 1.82) is 0 Å². The van der Waals surface area contributed by atoms with Crippen molar-refractivity contribution in [2.75, 3.05) is 26.8 Å². The molecule has 0 amide bonds. The summed E-state index contributed by atoms with van der Waals surface area (Å²) in [6.45, 7) is 5.34. The molecule has 136 valence electrons. The summed E-state index contributed by atoms with van der Waals surface area (Å²) in [5.41, 5.74) is 2.22. The van der Waals surface area contributed by atoms with E-state index < -0.39 is 0 Å². The average molecular weight is 352 g/mol. The van der Waals surface area contributed by atoms with Crippen molar-refractivity contribution < 1.29 is 14.0 Å². The SMILES string of the molecule is CCc1cc(CN2CCOC(c3ccc4cc(OC)ccc4c3)C2)on1. The molecular weight excluding hydrogens is 328 g/mol. The highest BCUT2D eigenvalue weighted by atomic mass is 16.5. The van der Waals surface area contributed by atoms with Crippen LogP contribution in [0.15, 0.2) is 47.0 Å². The molecule has 1 unspecified atom stereocenters. The second-order valence-corrected chi connectivity index (χ2v) is 6.71. The van der Waals surface area contributed by atoms with Crippen LogP contribution in [0.1, 0.15) is 30.0 Å². The fraction of sp³-hybridized carbons (Fsp3) is 0.381. The molecule has 1 aliphatic rings. The van der Waals surface area contributed by atoms with Gasteiger partial charge in [0.05, 0.1) is 32.1 Å². The first-order chi connectivity index (χ1) is 12.7. The van der Waals surface area contributed by atoms with Gasteiger partial charge in [0.15, 0.2) is 5.76 Å². The number of methoxy groups -OCH3 is 1. The molecule has 1 fully saturated rings. The molecule has 1 atom stereocenters. The minimum Gasteiger partial charge on any atom is -0.497 e. The molecule has 0 N–H and O–H groups in total. The highest BCUT2D eigenvalue weighted by Crippen LogP contribution is 2.28. The Balaban J connectivity index is 1.49. The Kier molecular flexibility index (Phi) is 4.91. The Labute approximate surface area is 153 Å². The Morgan fingerprint density at radius 3 is 2.81 bits per heavy atom. The zero-order valence-corrected chi connectivity index (χ0v) is 15.3. The highest BCUT2D eigenvalue weighted by molar-refractivity contribution is 5.84. The second-order valence-electron chi connectivity index (χ2n) is 6.71. The highest BCUT2D eigenvalue weighted by Gasteiger charge is 2.23. The fourth-order valence-electron chi connectivity index (χ4n) is 3.43. The predicted molar refractivity (Wildman–Crippen MR) is 100 cm³/mol. The van der Waals surface area contributed by atoms with Gasteiger partial charge >= 0.3 is 0 Å². The van der Waals surface area contributed by atoms with Crippen LogP contribution in [-0.4, -0.2) is 36.9 Å². The van der Waals surface area contributed by atoms with Gasteiger partial charge in [0.1, 0.15) is 5.75 Å². The van der Waals surface area contributed by atoms with Gasteiger partial charge in [-0.25, -0.2) is 0 Å². The van der Waals surface area contributed by atoms with Crippen LogP contribution in [0.4, 0.5) is 0 Å². The molecule has 1 aromatic heterocycles. The standard InChI is InChI=1S/C21H24N2O3/c1-3-18-12-20(26-22-18)13-23-8-9-25-21(14-23)17-5-4-16-11-19(24-2)7-6-15(16)10-17/h4-7,10-12,21H,3,8-9,13-14H2,1-2H3. The molecule has 1 aliphatic heterocycles. The second kappa shape index (κ2) is 7.48. The number of rotatable bonds is 5. The van der Waals surface area contributed by atoms with Crippen LogP contribution in [0.25, 0.3) is 10.8 Å². The number of aromatic nitrogens is 1. The lowest BCUT2D eigenvalue weighted by Crippen LogP contribution is -2.37. The summed E-state index contributed by atoms with van der Waals surface area (Å²) in [6.07, 6.45) is 0.973. The van der Waals surface area contributed by atoms with E-state index in [1.807, 2.05) is 12.1 Å². The van der Waals surface area contributed by atoms with E-state index in [1.165, 1.54) is 16.3 Å². The van der Waals surface area contributed by atoms with E-state index in [0.717, 1.165) is 49.9 Å². The minimum atomic E-state index is 0.0730. The van der Waals surface area contributed by atoms with E-state index in [1.54, 1.807) is 7.11 Å². The third kappa shape index (κ3) is 3.59. The van der Waals surface area contributed by atoms with Gasteiger partial charge in [0.2, 0.25) is 0 Å². The van der Waals surface area contributed by atoms with Crippen molar-refractivity contribution in [3.8, 4) is 5.75 Å². The van der Waals surface area contributed by atoms with Gasteiger partial charge in [-0.05, 0) is 41.0 Å². The van der Waals surface area contributed by atoms with Gasteiger partial charge in [-0.15, -0.1) is 0 Å². The predicted octanol–water partition coefficient (Wildman–Crippen LogP) is 3.97. The third-order valence-corrected chi connectivity index (χ3v) is 4.94. The smallest absolute Gasteiger partial charge is 0.150 e. The number of benzene rings is 2. The number of hydrogen-bond acceptors (Lipinski definition) is 5. The molecule has 0 spiro atoms. The molecular formula is C21H24N2O3. The van der Waals surface area contributed by atoms with Gasteiger partial charge < -0.3 is 14.0 Å². The summed E-state index contributed by atoms with van der Waals surface area (Å²) in [5, 5.41) is 6.46. The maximum atomic E-state index is 6.04. The zero-order chi connectivity index (χ0) is 17.9. The van der Waals surface area contributed by atoms with Crippen molar-refractivity contribution in [2.24, 2.45) is 0 Å². The molecule has 0 saturated carbocycles. The van der Waals surface area contributed by atoms with Crippen molar-refractivity contribution in [2.45, 2.75) is 26.0 Å². The Bertz CT molecular complexity index is 890. The quantitative estimate of drug-likeness (QED) is 0.695. The molecule has 2 aromatic carbocycles. The summed E-state index contributed by atoms with van der Waals surface area (Å²) in [6, 6.07) is 14.7. The molecule has 26 heavy (non-hydrogen) atoms. The first-order valence-corrected chi connectivity index (χ1v) is 9.11. The van der Waals surface area contributed by atoms with Crippen LogP contribution in [0.2, 0.25) is 0 Å². The van der Waals surface area contributed by atoms with E-state index in [2.05, 4.69) is 47.3 Å². The van der Waals surface area contributed by atoms with Crippen molar-refractivity contribution in [1.82, 2.24) is 10.1 Å². The molecule has 0 aliphatic carbocycles. The molecule has 3 aromatic rings. The van der Waals surface area contributed by atoms with Crippen molar-refractivity contribution in [3.63, 3.8) is 0 Å². The molecule has 0 bridgehead atoms. The van der Waals surface area contributed by atoms with Crippen molar-refractivity contribution >= 4 is 10.8 Å². The maximum Gasteiger partial charge on any atom is 0.150 e. The lowest BCUT2D eigenvalue weighted by molar-refractivity contribution is -0.0350. The first-order valence-electron chi connectivity index (χ1n) is 9.11. The van der Waals surface area contributed by atoms with E-state index in [-0.39, 0.29) is 6.10 Å². The van der Waals surface area contributed by atoms with Crippen LogP contribution in [-0.2, 0) is 17.7 Å². The lowest BCUT2D eigenvalue weighted by atomic mass is 10.0. The van der Waals surface area contributed by atoms with Gasteiger partial charge in [-0.3, -0.25) is 4.90 Å². The van der Waals surface area contributed by atoms with Gasteiger partial charge in [0, 0.05) is 19.2 Å². The average Bonchev–Trinajstić information content (AvgIpc) is 3.15. The van der Waals surface area contributed by atoms with Crippen LogP contribution >= 0.6 is 0 Å². The van der Waals surface area contributed by atoms with E-state index in [0.29, 0.717) is 0 Å². The van der Waals surface area contributed by atoms with Crippen LogP contribution < -0.4 is 4.74 Å². The summed E-state index contributed by atoms with van der Waals surface area (Å²) < 4.78 is 16.8. The topological polar surface area (TPSA) is 47.7 Å². The Hall–Kier alpha value is -2.37. The molecule has 0 radical (unpaired) electrons. The van der Waals surface area contributed by atoms with Crippen molar-refractivity contribution in [3.05, 3.63) is 59.5 Å². The molecule has 5 nitrogen and oxygen atoms in total. The molecule has 4 rings (SSSR count). The number of nitrogens with zero attached hydrogens (tertiary/aromatic N) is 2. The minimum absolute atomic E-state index is 0.0730. The largest absolute Gasteiger partial charge is 0.497 e. The molecule has 1 saturated heterocycles. The summed E-state index contributed by atoms with van der Waals surface area (Å²) >= 11 is 0. The summed E-state index contributed by atoms with van der Waals surface area (Å²) in [7, 11) is 1.69. The summed E-state index contributed by atoms with van der Waals surface area (Å²) in [4.78, 5) is 2.37. The normalized spacial score (nSPS) is 18.3. The van der Waals surface area contributed by atoms with Gasteiger partial charge in [-0.1, -0.05) is 30.3 Å². The number of fused-ring (bicyclic) bond motifs is 1. The number of hydrogen-bond donors (Lipinski definition) is 0. The fourth-order valence-corrected chi connectivity index (χ4v) is 3.43. The first kappa shape index (κ1) is 17.1. The van der Waals surface area contributed by atoms with E-state index >= 15 is 0 Å². The third-order valence-electron chi connectivity index (χ3n) is 4.94. The van der Waals surface area contributed by atoms with Gasteiger partial charge in [0.25, 0.3) is 0 Å². The van der Waals surface area contributed by atoms with Gasteiger partial charge in [-0.2, -0.15) is 0 Å². The monoisotopic (exact) mass is 352 g/mol. The molecule has 2 heterocycles. The maximum absolute atomic E-state index is 6.04. The zero-order valence-electron chi connectivity index (χ0n) is 15.3. The molecule has 5 heteroatoms. The van der Waals surface area contributed by atoms with E-state index in [4.69, 9.17) is 14.0 Å².